The number of benzene rings is 2. The Morgan fingerprint density at radius 2 is 2.00 bits per heavy atom. The summed E-state index contributed by atoms with van der Waals surface area (Å²) in [5.41, 5.74) is -0.0865. The molecule has 3 N–H and O–H groups in total. The van der Waals surface area contributed by atoms with E-state index in [1.165, 1.54) is 0 Å². The molecule has 1 unspecified atom stereocenters. The van der Waals surface area contributed by atoms with Crippen LogP contribution >= 0.6 is 0 Å². The molecule has 1 amide bonds. The van der Waals surface area contributed by atoms with E-state index in [9.17, 15) is 14.3 Å². The number of carbonyl (C=O) groups is 1. The molecule has 3 saturated heterocycles. The van der Waals surface area contributed by atoms with Gasteiger partial charge in [0.15, 0.2) is 5.83 Å². The molecule has 6 aliphatic rings. The average molecular weight is 665 g/mol. The third-order valence-electron chi connectivity index (χ3n) is 10.6. The predicted molar refractivity (Wildman–Crippen MR) is 173 cm³/mol. The number of ether oxygens (including phenoxy) is 2. The van der Waals surface area contributed by atoms with Gasteiger partial charge in [-0.15, -0.1) is 0 Å². The summed E-state index contributed by atoms with van der Waals surface area (Å²) in [6.07, 6.45) is 1.82. The van der Waals surface area contributed by atoms with Crippen molar-refractivity contribution in [3.05, 3.63) is 52.0 Å². The Kier molecular flexibility index (Phi) is 7.57. The summed E-state index contributed by atoms with van der Waals surface area (Å²) in [7, 11) is 0. The second-order valence-corrected chi connectivity index (χ2v) is 14.2. The largest absolute Gasteiger partial charge is 0.508 e. The summed E-state index contributed by atoms with van der Waals surface area (Å²) in [6.45, 7) is 3.27. The number of halogens is 3. The van der Waals surface area contributed by atoms with Gasteiger partial charge in [-0.1, -0.05) is 18.2 Å². The highest BCUT2D eigenvalue weighted by Gasteiger charge is 2.49. The molecule has 0 radical (unpaired) electrons. The third-order valence-corrected chi connectivity index (χ3v) is 10.6. The number of amides is 1. The van der Waals surface area contributed by atoms with Gasteiger partial charge in [0.25, 0.3) is 0 Å². The van der Waals surface area contributed by atoms with E-state index < -0.39 is 41.4 Å². The molecule has 0 spiro atoms. The standard InChI is InChI=1S/C35H39F3N6O4/c1-34-13-22(36)16-43(18-34)31-26-15-39-29(25-12-24(45)11-21-6-2-5-20(27(21)25)7-3-10-47-33(46)42-34)28(38)30(26)40-32(41-31)48-19-35-8-4-9-44(35)17-23(37)14-35/h2,5-6,11-12,15,22-23,29,39,45H,3-4,7-10,13-14,16-19H2,1H3,(H,42,46)/t22-,23-,29?,34-,35+/m1/s1. The molecule has 1 aromatic heterocycles. The van der Waals surface area contributed by atoms with Crippen LogP contribution in [0.15, 0.2) is 30.3 Å². The average Bonchev–Trinajstić information content (AvgIpc) is 3.56. The highest BCUT2D eigenvalue weighted by atomic mass is 19.1. The molecule has 10 nitrogen and oxygen atoms in total. The zero-order valence-electron chi connectivity index (χ0n) is 26.8. The molecule has 6 bridgehead atoms. The van der Waals surface area contributed by atoms with Crippen molar-refractivity contribution in [1.29, 1.82) is 0 Å². The summed E-state index contributed by atoms with van der Waals surface area (Å²) in [5, 5.41) is 18.6. The zero-order valence-corrected chi connectivity index (χ0v) is 26.8. The van der Waals surface area contributed by atoms with E-state index in [0.717, 1.165) is 35.7 Å². The second-order valence-electron chi connectivity index (χ2n) is 14.2. The van der Waals surface area contributed by atoms with Crippen molar-refractivity contribution in [2.24, 2.45) is 0 Å². The van der Waals surface area contributed by atoms with Gasteiger partial charge in [-0.3, -0.25) is 4.90 Å². The molecule has 6 aliphatic heterocycles. The summed E-state index contributed by atoms with van der Waals surface area (Å²) in [4.78, 5) is 26.0. The van der Waals surface area contributed by atoms with Gasteiger partial charge in [0.2, 0.25) is 0 Å². The number of alkyl halides is 2. The van der Waals surface area contributed by atoms with E-state index in [-0.39, 0.29) is 55.7 Å². The number of hydrogen-bond donors (Lipinski definition) is 3. The number of nitrogens with zero attached hydrogens (tertiary/aromatic N) is 4. The van der Waals surface area contributed by atoms with Crippen molar-refractivity contribution in [2.45, 2.75) is 74.9 Å². The highest BCUT2D eigenvalue weighted by Crippen LogP contribution is 2.41. The van der Waals surface area contributed by atoms with Crippen LogP contribution in [0.25, 0.3) is 22.8 Å². The number of nitrogens with one attached hydrogen (secondary N) is 2. The Morgan fingerprint density at radius 1 is 1.15 bits per heavy atom. The summed E-state index contributed by atoms with van der Waals surface area (Å²) in [6, 6.07) is 7.76. The lowest BCUT2D eigenvalue weighted by Crippen LogP contribution is -2.61. The number of anilines is 1. The maximum absolute atomic E-state index is 17.0. The first-order chi connectivity index (χ1) is 23.1. The molecule has 3 fully saturated rings. The Hall–Kier alpha value is -4.26. The molecule has 0 saturated carbocycles. The van der Waals surface area contributed by atoms with Crippen molar-refractivity contribution in [1.82, 2.24) is 25.5 Å². The van der Waals surface area contributed by atoms with Crippen LogP contribution in [-0.2, 0) is 11.2 Å². The van der Waals surface area contributed by atoms with Crippen molar-refractivity contribution in [3.8, 4) is 11.8 Å². The summed E-state index contributed by atoms with van der Waals surface area (Å²) < 4.78 is 58.8. The number of hydrogen-bond acceptors (Lipinski definition) is 9. The molecule has 0 aliphatic carbocycles. The number of aryl methyl sites for hydroxylation is 1. The fraction of sp³-hybridized carbons (Fsp3) is 0.514. The number of piperidine rings is 1. The van der Waals surface area contributed by atoms with Gasteiger partial charge in [-0.25, -0.2) is 18.0 Å². The van der Waals surface area contributed by atoms with Crippen LogP contribution in [0, 0.1) is 0 Å². The Balaban J connectivity index is 1.29. The van der Waals surface area contributed by atoms with E-state index in [1.54, 1.807) is 30.2 Å². The van der Waals surface area contributed by atoms with E-state index in [4.69, 9.17) is 14.5 Å². The van der Waals surface area contributed by atoms with Gasteiger partial charge in [0.1, 0.15) is 41.9 Å². The van der Waals surface area contributed by atoms with Gasteiger partial charge in [0.05, 0.1) is 29.4 Å². The first kappa shape index (κ1) is 31.0. The number of alkyl carbamates (subject to hydrolysis) is 1. The smallest absolute Gasteiger partial charge is 0.407 e. The number of carbonyl (C=O) groups excluding carboxylic acids is 1. The number of fused-ring (bicyclic) bond motifs is 7. The third kappa shape index (κ3) is 5.45. The number of rotatable bonds is 3. The van der Waals surface area contributed by atoms with Crippen molar-refractivity contribution < 1.29 is 32.5 Å². The molecule has 9 rings (SSSR count). The molecule has 2 aromatic carbocycles. The van der Waals surface area contributed by atoms with Gasteiger partial charge >= 0.3 is 12.1 Å². The van der Waals surface area contributed by atoms with Gasteiger partial charge in [0, 0.05) is 32.1 Å². The normalized spacial score (nSPS) is 30.2. The monoisotopic (exact) mass is 664 g/mol. The SMILES string of the molecule is C[C@@]12C[C@@H](F)CN(C1)c1nc(OC[C@@]34CCCN3C[C@H](F)C4)nc3c1=CNC(C=3F)c1cc(O)cc3cccc(c13)CCCOC(=O)N2. The number of aromatic hydroxyl groups is 1. The minimum Gasteiger partial charge on any atom is -0.508 e. The number of phenolic OH excluding ortho intramolecular Hbond substituents is 1. The van der Waals surface area contributed by atoms with Crippen molar-refractivity contribution in [3.63, 3.8) is 0 Å². The molecule has 5 atom stereocenters. The van der Waals surface area contributed by atoms with Crippen molar-refractivity contribution in [2.75, 3.05) is 44.3 Å². The van der Waals surface area contributed by atoms with Crippen LogP contribution in [0.4, 0.5) is 23.8 Å². The molecule has 48 heavy (non-hydrogen) atoms. The Bertz CT molecular complexity index is 1910. The minimum atomic E-state index is -1.33. The number of aromatic nitrogens is 2. The lowest BCUT2D eigenvalue weighted by molar-refractivity contribution is 0.107. The van der Waals surface area contributed by atoms with Crippen LogP contribution in [0.1, 0.15) is 56.2 Å². The first-order valence-electron chi connectivity index (χ1n) is 16.7. The maximum Gasteiger partial charge on any atom is 0.407 e. The van der Waals surface area contributed by atoms with Crippen LogP contribution in [-0.4, -0.2) is 88.9 Å². The van der Waals surface area contributed by atoms with Crippen LogP contribution in [0.5, 0.6) is 11.8 Å². The summed E-state index contributed by atoms with van der Waals surface area (Å²) in [5.74, 6) is -0.371. The zero-order chi connectivity index (χ0) is 33.2. The van der Waals surface area contributed by atoms with Crippen molar-refractivity contribution >= 4 is 34.7 Å². The fourth-order valence-electron chi connectivity index (χ4n) is 8.57. The number of phenols is 1. The summed E-state index contributed by atoms with van der Waals surface area (Å²) >= 11 is 0. The first-order valence-corrected chi connectivity index (χ1v) is 16.7. The van der Waals surface area contributed by atoms with E-state index >= 15 is 8.78 Å². The highest BCUT2D eigenvalue weighted by molar-refractivity contribution is 5.92. The van der Waals surface area contributed by atoms with Gasteiger partial charge in [-0.05, 0) is 73.2 Å². The van der Waals surface area contributed by atoms with E-state index in [2.05, 4.69) is 20.5 Å². The van der Waals surface area contributed by atoms with Gasteiger partial charge < -0.3 is 30.1 Å². The minimum absolute atomic E-state index is 0.0114. The van der Waals surface area contributed by atoms with E-state index in [0.29, 0.717) is 36.6 Å². The lowest BCUT2D eigenvalue weighted by atomic mass is 9.90. The fourth-order valence-corrected chi connectivity index (χ4v) is 8.57. The maximum atomic E-state index is 17.0. The molecule has 254 valence electrons. The van der Waals surface area contributed by atoms with E-state index in [1.807, 2.05) is 18.2 Å². The molecule has 13 heteroatoms. The second kappa shape index (κ2) is 11.7. The molecular weight excluding hydrogens is 625 g/mol. The van der Waals surface area contributed by atoms with Gasteiger partial charge in [-0.2, -0.15) is 9.97 Å². The Morgan fingerprint density at radius 3 is 2.88 bits per heavy atom. The lowest BCUT2D eigenvalue weighted by Gasteiger charge is -2.42. The molecule has 3 aromatic rings. The topological polar surface area (TPSA) is 112 Å². The molecule has 7 heterocycles. The van der Waals surface area contributed by atoms with Crippen LogP contribution in [0.2, 0.25) is 0 Å². The predicted octanol–water partition coefficient (Wildman–Crippen LogP) is 3.43. The van der Waals surface area contributed by atoms with Crippen LogP contribution < -0.4 is 30.8 Å². The molecular formula is C35H39F3N6O4. The Labute approximate surface area is 275 Å². The quantitative estimate of drug-likeness (QED) is 0.388. The van der Waals surface area contributed by atoms with Crippen LogP contribution in [0.3, 0.4) is 0 Å².